The van der Waals surface area contributed by atoms with Crippen LogP contribution in [0.4, 0.5) is 4.79 Å². The molecule has 0 aromatic carbocycles. The summed E-state index contributed by atoms with van der Waals surface area (Å²) in [4.78, 5) is 11.2. The lowest BCUT2D eigenvalue weighted by molar-refractivity contribution is 0.235. The van der Waals surface area contributed by atoms with Crippen molar-refractivity contribution < 1.29 is 4.79 Å². The molecule has 0 aromatic rings. The van der Waals surface area contributed by atoms with E-state index in [1.165, 1.54) is 25.7 Å². The maximum absolute atomic E-state index is 11.2. The Balaban J connectivity index is 1.69. The fourth-order valence-electron chi connectivity index (χ4n) is 3.07. The third kappa shape index (κ3) is 2.02. The van der Waals surface area contributed by atoms with E-state index in [1.54, 1.807) is 0 Å². The Labute approximate surface area is 85.6 Å². The molecule has 0 aromatic heterocycles. The second-order valence-corrected chi connectivity index (χ2v) is 4.68. The Bertz CT molecular complexity index is 217. The van der Waals surface area contributed by atoms with Gasteiger partial charge in [-0.05, 0) is 43.9 Å². The minimum absolute atomic E-state index is 0.00438. The maximum Gasteiger partial charge on any atom is 0.314 e. The molecule has 2 saturated carbocycles. The zero-order valence-electron chi connectivity index (χ0n) is 8.88. The van der Waals surface area contributed by atoms with E-state index in [-0.39, 0.29) is 6.03 Å². The number of hydrogen-bond acceptors (Lipinski definition) is 1. The van der Waals surface area contributed by atoms with Crippen LogP contribution in [-0.4, -0.2) is 19.1 Å². The van der Waals surface area contributed by atoms with Crippen LogP contribution in [0.3, 0.4) is 0 Å². The van der Waals surface area contributed by atoms with Gasteiger partial charge in [-0.1, -0.05) is 6.42 Å². The Hall–Kier alpha value is -0.730. The summed E-state index contributed by atoms with van der Waals surface area (Å²) in [5, 5.41) is 5.72. The van der Waals surface area contributed by atoms with Gasteiger partial charge in [-0.25, -0.2) is 4.79 Å². The molecule has 2 bridgehead atoms. The second kappa shape index (κ2) is 4.20. The Morgan fingerprint density at radius 1 is 1.29 bits per heavy atom. The number of nitrogens with one attached hydrogen (secondary N) is 2. The average Bonchev–Trinajstić information content (AvgIpc) is 2.76. The van der Waals surface area contributed by atoms with Gasteiger partial charge in [-0.15, -0.1) is 0 Å². The molecule has 3 atom stereocenters. The van der Waals surface area contributed by atoms with Gasteiger partial charge in [0.15, 0.2) is 0 Å². The summed E-state index contributed by atoms with van der Waals surface area (Å²) in [6.07, 6.45) is 5.59. The van der Waals surface area contributed by atoms with Crippen LogP contribution < -0.4 is 10.6 Å². The van der Waals surface area contributed by atoms with Crippen molar-refractivity contribution in [3.63, 3.8) is 0 Å². The highest BCUT2D eigenvalue weighted by atomic mass is 16.2. The molecule has 0 spiro atoms. The SMILES string of the molecule is CCNC(=O)NC[C@@H]1C[C@H]2CC[C@H]1C2. The topological polar surface area (TPSA) is 41.1 Å². The number of fused-ring (bicyclic) bond motifs is 2. The van der Waals surface area contributed by atoms with Crippen molar-refractivity contribution in [1.82, 2.24) is 10.6 Å². The molecule has 0 aliphatic heterocycles. The first-order valence-electron chi connectivity index (χ1n) is 5.81. The van der Waals surface area contributed by atoms with Crippen LogP contribution in [0.1, 0.15) is 32.6 Å². The first kappa shape index (κ1) is 9.81. The summed E-state index contributed by atoms with van der Waals surface area (Å²) >= 11 is 0. The predicted octanol–water partition coefficient (Wildman–Crippen LogP) is 1.74. The molecule has 2 fully saturated rings. The molecule has 2 amide bonds. The lowest BCUT2D eigenvalue weighted by Gasteiger charge is -2.21. The molecule has 0 saturated heterocycles. The van der Waals surface area contributed by atoms with E-state index in [4.69, 9.17) is 0 Å². The molecule has 3 heteroatoms. The smallest absolute Gasteiger partial charge is 0.314 e. The fourth-order valence-corrected chi connectivity index (χ4v) is 3.07. The average molecular weight is 196 g/mol. The van der Waals surface area contributed by atoms with Gasteiger partial charge in [0.1, 0.15) is 0 Å². The third-order valence-corrected chi connectivity index (χ3v) is 3.75. The number of urea groups is 1. The zero-order chi connectivity index (χ0) is 9.97. The van der Waals surface area contributed by atoms with E-state index in [1.807, 2.05) is 6.92 Å². The van der Waals surface area contributed by atoms with Crippen LogP contribution in [-0.2, 0) is 0 Å². The van der Waals surface area contributed by atoms with Crippen LogP contribution in [0.5, 0.6) is 0 Å². The summed E-state index contributed by atoms with van der Waals surface area (Å²) in [7, 11) is 0. The summed E-state index contributed by atoms with van der Waals surface area (Å²) in [6, 6.07) is -0.00438. The molecule has 0 heterocycles. The molecule has 14 heavy (non-hydrogen) atoms. The monoisotopic (exact) mass is 196 g/mol. The summed E-state index contributed by atoms with van der Waals surface area (Å²) in [5.74, 6) is 2.64. The Morgan fingerprint density at radius 2 is 2.14 bits per heavy atom. The lowest BCUT2D eigenvalue weighted by atomic mass is 9.89. The molecule has 3 nitrogen and oxygen atoms in total. The quantitative estimate of drug-likeness (QED) is 0.709. The molecule has 0 unspecified atom stereocenters. The molecule has 2 rings (SSSR count). The van der Waals surface area contributed by atoms with Crippen LogP contribution in [0.25, 0.3) is 0 Å². The molecule has 2 aliphatic rings. The number of carbonyl (C=O) groups is 1. The molecule has 80 valence electrons. The van der Waals surface area contributed by atoms with Crippen molar-refractivity contribution in [1.29, 1.82) is 0 Å². The van der Waals surface area contributed by atoms with Gasteiger partial charge in [0.05, 0.1) is 0 Å². The lowest BCUT2D eigenvalue weighted by Crippen LogP contribution is -2.39. The first-order chi connectivity index (χ1) is 6.79. The number of hydrogen-bond donors (Lipinski definition) is 2. The van der Waals surface area contributed by atoms with Gasteiger partial charge >= 0.3 is 6.03 Å². The van der Waals surface area contributed by atoms with Crippen molar-refractivity contribution >= 4 is 6.03 Å². The van der Waals surface area contributed by atoms with E-state index in [0.717, 1.165) is 24.3 Å². The third-order valence-electron chi connectivity index (χ3n) is 3.75. The number of amides is 2. The van der Waals surface area contributed by atoms with Crippen molar-refractivity contribution in [2.24, 2.45) is 17.8 Å². The molecular weight excluding hydrogens is 176 g/mol. The van der Waals surface area contributed by atoms with Gasteiger partial charge in [0, 0.05) is 13.1 Å². The first-order valence-corrected chi connectivity index (χ1v) is 5.81. The van der Waals surface area contributed by atoms with Crippen LogP contribution in [0.2, 0.25) is 0 Å². The van der Waals surface area contributed by atoms with E-state index >= 15 is 0 Å². The minimum atomic E-state index is -0.00438. The highest BCUT2D eigenvalue weighted by Crippen LogP contribution is 2.47. The van der Waals surface area contributed by atoms with E-state index < -0.39 is 0 Å². The van der Waals surface area contributed by atoms with E-state index in [0.29, 0.717) is 6.54 Å². The fraction of sp³-hybridized carbons (Fsp3) is 0.909. The van der Waals surface area contributed by atoms with E-state index in [9.17, 15) is 4.79 Å². The predicted molar refractivity (Wildman–Crippen MR) is 56.0 cm³/mol. The normalized spacial score (nSPS) is 34.5. The van der Waals surface area contributed by atoms with Gasteiger partial charge in [-0.2, -0.15) is 0 Å². The maximum atomic E-state index is 11.2. The molecular formula is C11H20N2O. The highest BCUT2D eigenvalue weighted by molar-refractivity contribution is 5.73. The second-order valence-electron chi connectivity index (χ2n) is 4.68. The van der Waals surface area contributed by atoms with Gasteiger partial charge in [0.25, 0.3) is 0 Å². The summed E-state index contributed by atoms with van der Waals surface area (Å²) in [6.45, 7) is 3.53. The van der Waals surface area contributed by atoms with Crippen molar-refractivity contribution in [2.75, 3.05) is 13.1 Å². The number of rotatable bonds is 3. The largest absolute Gasteiger partial charge is 0.338 e. The molecule has 2 N–H and O–H groups in total. The zero-order valence-corrected chi connectivity index (χ0v) is 8.88. The van der Waals surface area contributed by atoms with Crippen molar-refractivity contribution in [3.8, 4) is 0 Å². The van der Waals surface area contributed by atoms with Gasteiger partial charge in [-0.3, -0.25) is 0 Å². The van der Waals surface area contributed by atoms with Gasteiger partial charge < -0.3 is 10.6 Å². The summed E-state index contributed by atoms with van der Waals surface area (Å²) in [5.41, 5.74) is 0. The van der Waals surface area contributed by atoms with Crippen molar-refractivity contribution in [2.45, 2.75) is 32.6 Å². The molecule has 2 aliphatic carbocycles. The van der Waals surface area contributed by atoms with Crippen LogP contribution >= 0.6 is 0 Å². The van der Waals surface area contributed by atoms with Crippen LogP contribution in [0.15, 0.2) is 0 Å². The summed E-state index contributed by atoms with van der Waals surface area (Å²) < 4.78 is 0. The Kier molecular flexibility index (Phi) is 2.94. The van der Waals surface area contributed by atoms with E-state index in [2.05, 4.69) is 10.6 Å². The molecule has 0 radical (unpaired) electrons. The van der Waals surface area contributed by atoms with Crippen molar-refractivity contribution in [3.05, 3.63) is 0 Å². The standard InChI is InChI=1S/C11H20N2O/c1-2-12-11(14)13-7-10-6-8-3-4-9(10)5-8/h8-10H,2-7H2,1H3,(H2,12,13,14)/t8-,9-,10-/m0/s1. The Morgan fingerprint density at radius 3 is 2.71 bits per heavy atom. The highest BCUT2D eigenvalue weighted by Gasteiger charge is 2.39. The van der Waals surface area contributed by atoms with Gasteiger partial charge in [0.2, 0.25) is 0 Å². The number of carbonyl (C=O) groups excluding carboxylic acids is 1. The minimum Gasteiger partial charge on any atom is -0.338 e. The van der Waals surface area contributed by atoms with Crippen LogP contribution in [0, 0.1) is 17.8 Å².